The van der Waals surface area contributed by atoms with Crippen LogP contribution >= 0.6 is 0 Å². The Morgan fingerprint density at radius 1 is 0.265 bits per heavy atom. The zero-order valence-electron chi connectivity index (χ0n) is 18.4. The minimum Gasteiger partial charge on any atom is -0.0616 e. The number of hydrogen-bond donors (Lipinski definition) is 0. The number of hydrogen-bond acceptors (Lipinski definition) is 0. The predicted octanol–water partition coefficient (Wildman–Crippen LogP) is 9.74. The number of rotatable bonds is 1. The Hall–Kier alpha value is -4.42. The minimum atomic E-state index is 1.29. The summed E-state index contributed by atoms with van der Waals surface area (Å²) in [6.45, 7) is 0. The molecule has 0 aliphatic carbocycles. The first-order valence-electron chi connectivity index (χ1n) is 12.0. The van der Waals surface area contributed by atoms with E-state index < -0.39 is 0 Å². The molecule has 0 nitrogen and oxygen atoms in total. The van der Waals surface area contributed by atoms with Gasteiger partial charge >= 0.3 is 0 Å². The Labute approximate surface area is 195 Å². The lowest BCUT2D eigenvalue weighted by Gasteiger charge is -2.22. The third kappa shape index (κ3) is 1.89. The number of benzene rings is 9. The average Bonchev–Trinajstić information content (AvgIpc) is 2.90. The van der Waals surface area contributed by atoms with Gasteiger partial charge in [0, 0.05) is 0 Å². The van der Waals surface area contributed by atoms with Crippen molar-refractivity contribution in [2.75, 3.05) is 0 Å². The SMILES string of the molecule is c1ccc2c(-c3cc4ccc5ccc6ccc7ccc8ccc3c3c8c7c6c5c43)cccc2c1. The van der Waals surface area contributed by atoms with Gasteiger partial charge in [-0.2, -0.15) is 0 Å². The topological polar surface area (TPSA) is 0 Å². The van der Waals surface area contributed by atoms with E-state index in [1.165, 1.54) is 86.5 Å². The molecule has 0 aromatic heterocycles. The Kier molecular flexibility index (Phi) is 2.88. The Morgan fingerprint density at radius 3 is 1.44 bits per heavy atom. The molecule has 34 heavy (non-hydrogen) atoms. The standard InChI is InChI=1S/C34H18/c1-2-6-25-19(4-1)5-3-7-26(25)28-18-24-15-14-22-11-9-20-8-10-21-12-13-23-16-17-27(28)34-32(23)30(21)29(20)31(22)33(24)34/h1-18H. The van der Waals surface area contributed by atoms with Crippen LogP contribution in [0.15, 0.2) is 109 Å². The maximum absolute atomic E-state index is 2.43. The van der Waals surface area contributed by atoms with Crippen LogP contribution in [0.1, 0.15) is 0 Å². The van der Waals surface area contributed by atoms with E-state index in [2.05, 4.69) is 109 Å². The predicted molar refractivity (Wildman–Crippen MR) is 148 cm³/mol. The first-order valence-corrected chi connectivity index (χ1v) is 12.0. The summed E-state index contributed by atoms with van der Waals surface area (Å²) in [6.07, 6.45) is 0. The summed E-state index contributed by atoms with van der Waals surface area (Å²) in [5.74, 6) is 0. The van der Waals surface area contributed by atoms with Crippen LogP contribution < -0.4 is 0 Å². The first-order chi connectivity index (χ1) is 16.9. The van der Waals surface area contributed by atoms with E-state index in [0.29, 0.717) is 0 Å². The Morgan fingerprint density at radius 2 is 0.765 bits per heavy atom. The van der Waals surface area contributed by atoms with Gasteiger partial charge in [0.2, 0.25) is 0 Å². The fourth-order valence-electron chi connectivity index (χ4n) is 6.67. The summed E-state index contributed by atoms with van der Waals surface area (Å²) in [5.41, 5.74) is 2.63. The van der Waals surface area contributed by atoms with Crippen LogP contribution in [0, 0.1) is 0 Å². The van der Waals surface area contributed by atoms with Crippen LogP contribution in [0.4, 0.5) is 0 Å². The Bertz CT molecular complexity index is 2150. The number of fused-ring (bicyclic) bond motifs is 1. The lowest BCUT2D eigenvalue weighted by molar-refractivity contribution is 1.71. The molecule has 0 N–H and O–H groups in total. The summed E-state index contributed by atoms with van der Waals surface area (Å²) >= 11 is 0. The van der Waals surface area contributed by atoms with Gasteiger partial charge in [-0.25, -0.2) is 0 Å². The van der Waals surface area contributed by atoms with Crippen molar-refractivity contribution in [2.45, 2.75) is 0 Å². The highest BCUT2D eigenvalue weighted by molar-refractivity contribution is 6.45. The molecule has 0 fully saturated rings. The summed E-state index contributed by atoms with van der Waals surface area (Å²) in [7, 11) is 0. The molecule has 0 radical (unpaired) electrons. The molecular formula is C34H18. The van der Waals surface area contributed by atoms with E-state index in [4.69, 9.17) is 0 Å². The van der Waals surface area contributed by atoms with Crippen LogP contribution in [0.25, 0.3) is 86.5 Å². The first kappa shape index (κ1) is 17.1. The maximum Gasteiger partial charge on any atom is -0.000762 e. The summed E-state index contributed by atoms with van der Waals surface area (Å²) in [6, 6.07) is 40.9. The lowest BCUT2D eigenvalue weighted by atomic mass is 9.81. The van der Waals surface area contributed by atoms with Gasteiger partial charge in [-0.1, -0.05) is 103 Å². The molecule has 0 aliphatic rings. The zero-order chi connectivity index (χ0) is 22.0. The minimum absolute atomic E-state index is 1.29. The maximum atomic E-state index is 2.43. The van der Waals surface area contributed by atoms with E-state index in [0.717, 1.165) is 0 Å². The van der Waals surface area contributed by atoms with E-state index in [-0.39, 0.29) is 0 Å². The highest BCUT2D eigenvalue weighted by atomic mass is 14.2. The molecule has 9 aromatic carbocycles. The smallest absolute Gasteiger partial charge is 0.000762 e. The monoisotopic (exact) mass is 426 g/mol. The van der Waals surface area contributed by atoms with Gasteiger partial charge < -0.3 is 0 Å². The van der Waals surface area contributed by atoms with Crippen molar-refractivity contribution in [1.82, 2.24) is 0 Å². The molecule has 154 valence electrons. The van der Waals surface area contributed by atoms with Crippen LogP contribution in [-0.4, -0.2) is 0 Å². The summed E-state index contributed by atoms with van der Waals surface area (Å²) < 4.78 is 0. The molecular weight excluding hydrogens is 408 g/mol. The van der Waals surface area contributed by atoms with Gasteiger partial charge in [0.05, 0.1) is 0 Å². The van der Waals surface area contributed by atoms with Gasteiger partial charge in [0.1, 0.15) is 0 Å². The van der Waals surface area contributed by atoms with E-state index >= 15 is 0 Å². The van der Waals surface area contributed by atoms with Gasteiger partial charge in [0.15, 0.2) is 0 Å². The zero-order valence-corrected chi connectivity index (χ0v) is 18.4. The van der Waals surface area contributed by atoms with Crippen molar-refractivity contribution in [3.8, 4) is 11.1 Å². The summed E-state index contributed by atoms with van der Waals surface area (Å²) in [5, 5.41) is 19.1. The van der Waals surface area contributed by atoms with Gasteiger partial charge in [0.25, 0.3) is 0 Å². The van der Waals surface area contributed by atoms with Crippen molar-refractivity contribution in [3.05, 3.63) is 109 Å². The van der Waals surface area contributed by atoms with Crippen LogP contribution in [-0.2, 0) is 0 Å². The molecule has 9 rings (SSSR count). The molecule has 0 heterocycles. The summed E-state index contributed by atoms with van der Waals surface area (Å²) in [4.78, 5) is 0. The van der Waals surface area contributed by atoms with Gasteiger partial charge in [-0.05, 0) is 92.6 Å². The van der Waals surface area contributed by atoms with Crippen molar-refractivity contribution in [2.24, 2.45) is 0 Å². The van der Waals surface area contributed by atoms with Crippen LogP contribution in [0.3, 0.4) is 0 Å². The third-order valence-corrected chi connectivity index (χ3v) is 8.08. The highest BCUT2D eigenvalue weighted by Gasteiger charge is 2.22. The highest BCUT2D eigenvalue weighted by Crippen LogP contribution is 2.50. The van der Waals surface area contributed by atoms with Crippen molar-refractivity contribution in [1.29, 1.82) is 0 Å². The molecule has 0 saturated carbocycles. The largest absolute Gasteiger partial charge is 0.0616 e. The second-order valence-electron chi connectivity index (χ2n) is 9.69. The third-order valence-electron chi connectivity index (χ3n) is 8.08. The van der Waals surface area contributed by atoms with E-state index in [1.807, 2.05) is 0 Å². The molecule has 0 heteroatoms. The van der Waals surface area contributed by atoms with Crippen LogP contribution in [0.5, 0.6) is 0 Å². The van der Waals surface area contributed by atoms with E-state index in [9.17, 15) is 0 Å². The lowest BCUT2D eigenvalue weighted by Crippen LogP contribution is -1.94. The molecule has 0 atom stereocenters. The van der Waals surface area contributed by atoms with E-state index in [1.54, 1.807) is 0 Å². The van der Waals surface area contributed by atoms with Crippen molar-refractivity contribution < 1.29 is 0 Å². The Balaban J connectivity index is 1.63. The quantitative estimate of drug-likeness (QED) is 0.181. The van der Waals surface area contributed by atoms with Crippen molar-refractivity contribution >= 4 is 75.4 Å². The second kappa shape index (κ2) is 5.73. The molecule has 0 amide bonds. The van der Waals surface area contributed by atoms with Crippen LogP contribution in [0.2, 0.25) is 0 Å². The fourth-order valence-corrected chi connectivity index (χ4v) is 6.67. The molecule has 0 saturated heterocycles. The van der Waals surface area contributed by atoms with Gasteiger partial charge in [-0.15, -0.1) is 0 Å². The van der Waals surface area contributed by atoms with Gasteiger partial charge in [-0.3, -0.25) is 0 Å². The molecule has 0 unspecified atom stereocenters. The molecule has 9 aromatic rings. The second-order valence-corrected chi connectivity index (χ2v) is 9.69. The fraction of sp³-hybridized carbons (Fsp3) is 0. The van der Waals surface area contributed by atoms with Crippen molar-refractivity contribution in [3.63, 3.8) is 0 Å². The molecule has 0 bridgehead atoms. The molecule has 0 spiro atoms. The average molecular weight is 427 g/mol. The normalized spacial score (nSPS) is 12.7. The molecule has 0 aliphatic heterocycles.